The standard InChI is InChI=1S/C21H22N2O2S/c1-15(2)25-14-17-7-5-6-16(12-17)13-22-20(24)10-11-21-23-18-8-3-4-9-19(18)26-21/h3-12,15H,13-14H2,1-2H3,(H,22,24)/b11-10+. The summed E-state index contributed by atoms with van der Waals surface area (Å²) in [4.78, 5) is 16.5. The second kappa shape index (κ2) is 8.74. The molecule has 134 valence electrons. The van der Waals surface area contributed by atoms with Gasteiger partial charge in [-0.05, 0) is 43.2 Å². The van der Waals surface area contributed by atoms with Gasteiger partial charge in [-0.3, -0.25) is 4.79 Å². The molecule has 1 heterocycles. The summed E-state index contributed by atoms with van der Waals surface area (Å²) in [5.41, 5.74) is 3.12. The predicted octanol–water partition coefficient (Wildman–Crippen LogP) is 4.55. The normalized spacial score (nSPS) is 11.5. The van der Waals surface area contributed by atoms with Crippen LogP contribution in [0.3, 0.4) is 0 Å². The highest BCUT2D eigenvalue weighted by atomic mass is 32.1. The molecule has 0 bridgehead atoms. The minimum absolute atomic E-state index is 0.131. The number of nitrogens with one attached hydrogen (secondary N) is 1. The van der Waals surface area contributed by atoms with Crippen LogP contribution in [-0.2, 0) is 22.7 Å². The number of nitrogens with zero attached hydrogens (tertiary/aromatic N) is 1. The van der Waals surface area contributed by atoms with E-state index < -0.39 is 0 Å². The summed E-state index contributed by atoms with van der Waals surface area (Å²) in [6.07, 6.45) is 3.49. The zero-order valence-electron chi connectivity index (χ0n) is 14.9. The lowest BCUT2D eigenvalue weighted by Gasteiger charge is -2.09. The van der Waals surface area contributed by atoms with E-state index in [1.54, 1.807) is 17.4 Å². The van der Waals surface area contributed by atoms with Crippen molar-refractivity contribution in [2.75, 3.05) is 0 Å². The highest BCUT2D eigenvalue weighted by molar-refractivity contribution is 7.19. The van der Waals surface area contributed by atoms with Crippen molar-refractivity contribution in [2.24, 2.45) is 0 Å². The van der Waals surface area contributed by atoms with Gasteiger partial charge in [-0.1, -0.05) is 36.4 Å². The van der Waals surface area contributed by atoms with Crippen molar-refractivity contribution >= 4 is 33.5 Å². The molecule has 0 aliphatic heterocycles. The van der Waals surface area contributed by atoms with Crippen LogP contribution in [-0.4, -0.2) is 17.0 Å². The second-order valence-electron chi connectivity index (χ2n) is 6.25. The third-order valence-corrected chi connectivity index (χ3v) is 4.73. The number of carbonyl (C=O) groups excluding carboxylic acids is 1. The largest absolute Gasteiger partial charge is 0.374 e. The molecule has 26 heavy (non-hydrogen) atoms. The van der Waals surface area contributed by atoms with Crippen LogP contribution < -0.4 is 5.32 Å². The maximum Gasteiger partial charge on any atom is 0.244 e. The molecule has 0 radical (unpaired) electrons. The van der Waals surface area contributed by atoms with Gasteiger partial charge in [0.1, 0.15) is 5.01 Å². The number of para-hydroxylation sites is 1. The molecular formula is C21H22N2O2S. The first-order chi connectivity index (χ1) is 12.6. The number of amides is 1. The molecule has 0 aliphatic rings. The Bertz CT molecular complexity index is 882. The van der Waals surface area contributed by atoms with Crippen LogP contribution in [0.2, 0.25) is 0 Å². The zero-order chi connectivity index (χ0) is 18.4. The van der Waals surface area contributed by atoms with Crippen LogP contribution in [0.5, 0.6) is 0 Å². The fourth-order valence-electron chi connectivity index (χ4n) is 2.45. The summed E-state index contributed by atoms with van der Waals surface area (Å²) in [6.45, 7) is 5.10. The lowest BCUT2D eigenvalue weighted by molar-refractivity contribution is -0.116. The minimum Gasteiger partial charge on any atom is -0.374 e. The number of hydrogen-bond donors (Lipinski definition) is 1. The zero-order valence-corrected chi connectivity index (χ0v) is 15.8. The second-order valence-corrected chi connectivity index (χ2v) is 7.31. The van der Waals surface area contributed by atoms with Gasteiger partial charge in [0.15, 0.2) is 0 Å². The van der Waals surface area contributed by atoms with Crippen molar-refractivity contribution in [1.82, 2.24) is 10.3 Å². The van der Waals surface area contributed by atoms with Crippen molar-refractivity contribution in [3.8, 4) is 0 Å². The molecule has 1 N–H and O–H groups in total. The van der Waals surface area contributed by atoms with E-state index in [9.17, 15) is 4.79 Å². The van der Waals surface area contributed by atoms with Crippen LogP contribution in [0, 0.1) is 0 Å². The third-order valence-electron chi connectivity index (χ3n) is 3.73. The van der Waals surface area contributed by atoms with Crippen molar-refractivity contribution in [2.45, 2.75) is 33.1 Å². The van der Waals surface area contributed by atoms with Gasteiger partial charge in [0.05, 0.1) is 22.9 Å². The van der Waals surface area contributed by atoms with E-state index in [0.717, 1.165) is 26.4 Å². The minimum atomic E-state index is -0.131. The molecule has 2 aromatic carbocycles. The number of aromatic nitrogens is 1. The predicted molar refractivity (Wildman–Crippen MR) is 107 cm³/mol. The van der Waals surface area contributed by atoms with Crippen LogP contribution in [0.1, 0.15) is 30.0 Å². The summed E-state index contributed by atoms with van der Waals surface area (Å²) in [5.74, 6) is -0.131. The van der Waals surface area contributed by atoms with E-state index in [0.29, 0.717) is 13.2 Å². The molecule has 3 rings (SSSR count). The van der Waals surface area contributed by atoms with Crippen molar-refractivity contribution in [3.05, 3.63) is 70.7 Å². The van der Waals surface area contributed by atoms with Gasteiger partial charge < -0.3 is 10.1 Å². The molecule has 0 saturated carbocycles. The fraction of sp³-hybridized carbons (Fsp3) is 0.238. The number of carbonyl (C=O) groups is 1. The smallest absolute Gasteiger partial charge is 0.244 e. The average Bonchev–Trinajstić information content (AvgIpc) is 3.06. The monoisotopic (exact) mass is 366 g/mol. The Morgan fingerprint density at radius 3 is 2.81 bits per heavy atom. The number of ether oxygens (including phenoxy) is 1. The first-order valence-electron chi connectivity index (χ1n) is 8.61. The van der Waals surface area contributed by atoms with E-state index in [2.05, 4.69) is 16.4 Å². The summed E-state index contributed by atoms with van der Waals surface area (Å²) >= 11 is 1.57. The third kappa shape index (κ3) is 5.25. The molecule has 3 aromatic rings. The van der Waals surface area contributed by atoms with Crippen molar-refractivity contribution in [3.63, 3.8) is 0 Å². The van der Waals surface area contributed by atoms with Gasteiger partial charge >= 0.3 is 0 Å². The molecule has 4 nitrogen and oxygen atoms in total. The Morgan fingerprint density at radius 2 is 2.00 bits per heavy atom. The van der Waals surface area contributed by atoms with Gasteiger partial charge in [-0.15, -0.1) is 11.3 Å². The van der Waals surface area contributed by atoms with Gasteiger partial charge in [-0.25, -0.2) is 4.98 Å². The summed E-state index contributed by atoms with van der Waals surface area (Å²) in [6, 6.07) is 16.0. The number of fused-ring (bicyclic) bond motifs is 1. The lowest BCUT2D eigenvalue weighted by Crippen LogP contribution is -2.20. The van der Waals surface area contributed by atoms with E-state index in [-0.39, 0.29) is 12.0 Å². The van der Waals surface area contributed by atoms with Gasteiger partial charge in [0.2, 0.25) is 5.91 Å². The molecular weight excluding hydrogens is 344 g/mol. The quantitative estimate of drug-likeness (QED) is 0.624. The summed E-state index contributed by atoms with van der Waals surface area (Å²) < 4.78 is 6.74. The van der Waals surface area contributed by atoms with Crippen LogP contribution >= 0.6 is 11.3 Å². The molecule has 0 atom stereocenters. The number of thiazole rings is 1. The summed E-state index contributed by atoms with van der Waals surface area (Å²) in [5, 5.41) is 3.73. The molecule has 0 aliphatic carbocycles. The van der Waals surface area contributed by atoms with Crippen LogP contribution in [0.15, 0.2) is 54.6 Å². The first kappa shape index (κ1) is 18.3. The SMILES string of the molecule is CC(C)OCc1cccc(CNC(=O)/C=C/c2nc3ccccc3s2)c1. The van der Waals surface area contributed by atoms with Gasteiger partial charge in [0.25, 0.3) is 0 Å². The molecule has 0 spiro atoms. The van der Waals surface area contributed by atoms with Crippen LogP contribution in [0.25, 0.3) is 16.3 Å². The maximum absolute atomic E-state index is 12.1. The van der Waals surface area contributed by atoms with Crippen molar-refractivity contribution in [1.29, 1.82) is 0 Å². The molecule has 1 aromatic heterocycles. The Labute approximate surface area is 157 Å². The summed E-state index contributed by atoms with van der Waals surface area (Å²) in [7, 11) is 0. The number of rotatable bonds is 7. The van der Waals surface area contributed by atoms with E-state index in [4.69, 9.17) is 4.74 Å². The number of benzene rings is 2. The highest BCUT2D eigenvalue weighted by Crippen LogP contribution is 2.22. The molecule has 0 unspecified atom stereocenters. The van der Waals surface area contributed by atoms with E-state index in [1.807, 2.05) is 56.3 Å². The molecule has 0 saturated heterocycles. The van der Waals surface area contributed by atoms with Gasteiger partial charge in [-0.2, -0.15) is 0 Å². The molecule has 5 heteroatoms. The highest BCUT2D eigenvalue weighted by Gasteiger charge is 2.02. The Morgan fingerprint density at radius 1 is 1.19 bits per heavy atom. The topological polar surface area (TPSA) is 51.2 Å². The molecule has 0 fully saturated rings. The molecule has 1 amide bonds. The Hall–Kier alpha value is -2.50. The van der Waals surface area contributed by atoms with Gasteiger partial charge in [0, 0.05) is 12.6 Å². The lowest BCUT2D eigenvalue weighted by atomic mass is 10.1. The van der Waals surface area contributed by atoms with Crippen LogP contribution in [0.4, 0.5) is 0 Å². The number of hydrogen-bond acceptors (Lipinski definition) is 4. The van der Waals surface area contributed by atoms with Crippen molar-refractivity contribution < 1.29 is 9.53 Å². The Balaban J connectivity index is 1.54. The van der Waals surface area contributed by atoms with E-state index >= 15 is 0 Å². The van der Waals surface area contributed by atoms with E-state index in [1.165, 1.54) is 6.08 Å². The first-order valence-corrected chi connectivity index (χ1v) is 9.43. The fourth-order valence-corrected chi connectivity index (χ4v) is 3.32. The average molecular weight is 366 g/mol. The maximum atomic E-state index is 12.1. The Kier molecular flexibility index (Phi) is 6.15.